The Kier molecular flexibility index (Phi) is 10.3. The Hall–Kier alpha value is -0.910. The average Bonchev–Trinajstić information content (AvgIpc) is 3.22. The van der Waals surface area contributed by atoms with E-state index in [2.05, 4.69) is 40.7 Å². The van der Waals surface area contributed by atoms with Gasteiger partial charge in [0.05, 0.1) is 24.4 Å². The van der Waals surface area contributed by atoms with Crippen LogP contribution in [0.5, 0.6) is 0 Å². The Morgan fingerprint density at radius 3 is 2.28 bits per heavy atom. The van der Waals surface area contributed by atoms with E-state index in [1.165, 1.54) is 5.57 Å². The van der Waals surface area contributed by atoms with Gasteiger partial charge in [0.1, 0.15) is 30.2 Å². The van der Waals surface area contributed by atoms with E-state index in [0.29, 0.717) is 42.8 Å². The normalized spacial score (nSPS) is 45.8. The van der Waals surface area contributed by atoms with Crippen LogP contribution in [0.4, 0.5) is 0 Å². The summed E-state index contributed by atoms with van der Waals surface area (Å²) in [6.07, 6.45) is 3.10. The Labute approximate surface area is 275 Å². The summed E-state index contributed by atoms with van der Waals surface area (Å²) in [5.41, 5.74) is -0.491. The Bertz CT molecular complexity index is 1130. The van der Waals surface area contributed by atoms with Gasteiger partial charge in [-0.25, -0.2) is 0 Å². The van der Waals surface area contributed by atoms with Gasteiger partial charge in [-0.3, -0.25) is 4.79 Å². The summed E-state index contributed by atoms with van der Waals surface area (Å²) in [5, 5.41) is 61.8. The third kappa shape index (κ3) is 6.19. The molecule has 5 aliphatic rings. The van der Waals surface area contributed by atoms with Crippen molar-refractivity contribution in [2.45, 2.75) is 161 Å². The molecule has 0 aromatic heterocycles. The van der Waals surface area contributed by atoms with E-state index in [4.69, 9.17) is 9.47 Å². The highest BCUT2D eigenvalue weighted by molar-refractivity contribution is 5.83. The van der Waals surface area contributed by atoms with Crippen molar-refractivity contribution in [1.82, 2.24) is 0 Å². The summed E-state index contributed by atoms with van der Waals surface area (Å²) in [4.78, 5) is 14.5. The maximum atomic E-state index is 14.5. The SMILES string of the molecule is C[C@H](CC[C@@H](O)C(C)(C)O)C1CC[C@@]2(C)C3CC=C4C(CC[C@H](O[C@@H]5O[C@H](CO)[C@@H](O)[C@H](O)[C@H]5O)C4(C)C)[C@H](CC3)C(=O)C[C@]12C. The molecule has 6 N–H and O–H groups in total. The number of hydrogen-bond acceptors (Lipinski definition) is 9. The molecule has 0 aromatic rings. The molecule has 3 saturated carbocycles. The molecule has 264 valence electrons. The minimum atomic E-state index is -1.49. The number of Topliss-reactive ketones (excluding diaryl/α,β-unsaturated/α-hetero) is 1. The lowest BCUT2D eigenvalue weighted by Gasteiger charge is -2.55. The molecule has 14 atom stereocenters. The van der Waals surface area contributed by atoms with Crippen LogP contribution < -0.4 is 0 Å². The van der Waals surface area contributed by atoms with Crippen molar-refractivity contribution in [3.8, 4) is 0 Å². The van der Waals surface area contributed by atoms with Gasteiger partial charge in [0.15, 0.2) is 6.29 Å². The van der Waals surface area contributed by atoms with Gasteiger partial charge in [0, 0.05) is 17.8 Å². The van der Waals surface area contributed by atoms with Gasteiger partial charge in [-0.2, -0.15) is 0 Å². The molecule has 9 heteroatoms. The standard InChI is InChI=1S/C37H62O9/c1-20(8-14-28(40)35(4,5)44)24-16-17-36(6)21-9-11-23(26(39)18-37(24,36)7)22-12-15-29(34(2,3)25(22)13-10-21)46-33-32(43)31(42)30(41)27(19-38)45-33/h13,20-24,27-33,38,40-44H,8-12,14-19H2,1-7H3/t20-,21?,22?,23+,24?,27-,28-,29+,30-,31+,32-,33+,36+,37-/m1/s1. The quantitative estimate of drug-likeness (QED) is 0.215. The fourth-order valence-corrected chi connectivity index (χ4v) is 10.7. The number of aliphatic hydroxyl groups excluding tert-OH is 5. The maximum Gasteiger partial charge on any atom is 0.187 e. The lowest BCUT2D eigenvalue weighted by atomic mass is 9.49. The number of carbonyl (C=O) groups excluding carboxylic acids is 1. The molecule has 1 heterocycles. The molecule has 4 aliphatic carbocycles. The molecule has 2 bridgehead atoms. The fraction of sp³-hybridized carbons (Fsp3) is 0.919. The lowest BCUT2D eigenvalue weighted by molar-refractivity contribution is -0.319. The molecule has 0 aromatic carbocycles. The zero-order valence-electron chi connectivity index (χ0n) is 29.2. The van der Waals surface area contributed by atoms with Crippen molar-refractivity contribution < 1.29 is 44.9 Å². The second-order valence-electron chi connectivity index (χ2n) is 17.4. The van der Waals surface area contributed by atoms with Gasteiger partial charge in [0.25, 0.3) is 0 Å². The molecule has 46 heavy (non-hydrogen) atoms. The van der Waals surface area contributed by atoms with Crippen LogP contribution in [0.3, 0.4) is 0 Å². The highest BCUT2D eigenvalue weighted by atomic mass is 16.7. The third-order valence-electron chi connectivity index (χ3n) is 14.1. The molecule has 0 radical (unpaired) electrons. The molecular weight excluding hydrogens is 588 g/mol. The van der Waals surface area contributed by atoms with Crippen LogP contribution in [0.2, 0.25) is 0 Å². The molecule has 4 fully saturated rings. The van der Waals surface area contributed by atoms with Gasteiger partial charge in [-0.05, 0) is 106 Å². The average molecular weight is 651 g/mol. The van der Waals surface area contributed by atoms with E-state index >= 15 is 0 Å². The van der Waals surface area contributed by atoms with E-state index < -0.39 is 54.4 Å². The fourth-order valence-electron chi connectivity index (χ4n) is 10.7. The van der Waals surface area contributed by atoms with Crippen LogP contribution in [-0.4, -0.2) is 91.5 Å². The molecule has 3 unspecified atom stereocenters. The number of ketones is 1. The van der Waals surface area contributed by atoms with Crippen molar-refractivity contribution >= 4 is 5.78 Å². The number of fused-ring (bicyclic) bond motifs is 7. The zero-order valence-corrected chi connectivity index (χ0v) is 29.2. The molecular formula is C37H62O9. The molecule has 9 nitrogen and oxygen atoms in total. The van der Waals surface area contributed by atoms with Gasteiger partial charge >= 0.3 is 0 Å². The summed E-state index contributed by atoms with van der Waals surface area (Å²) in [6.45, 7) is 14.2. The van der Waals surface area contributed by atoms with Crippen molar-refractivity contribution in [2.24, 2.45) is 45.8 Å². The van der Waals surface area contributed by atoms with Crippen molar-refractivity contribution in [3.63, 3.8) is 0 Å². The molecule has 0 amide bonds. The van der Waals surface area contributed by atoms with Crippen molar-refractivity contribution in [3.05, 3.63) is 11.6 Å². The van der Waals surface area contributed by atoms with Gasteiger partial charge < -0.3 is 40.1 Å². The number of rotatable bonds is 8. The number of aliphatic hydroxyl groups is 6. The van der Waals surface area contributed by atoms with Crippen LogP contribution >= 0.6 is 0 Å². The first-order valence-electron chi connectivity index (χ1n) is 18.0. The van der Waals surface area contributed by atoms with Crippen LogP contribution in [0.1, 0.15) is 113 Å². The second kappa shape index (κ2) is 13.1. The second-order valence-corrected chi connectivity index (χ2v) is 17.4. The van der Waals surface area contributed by atoms with Crippen LogP contribution in [0.15, 0.2) is 11.6 Å². The minimum Gasteiger partial charge on any atom is -0.394 e. The van der Waals surface area contributed by atoms with E-state index in [1.807, 2.05) is 0 Å². The topological polar surface area (TPSA) is 157 Å². The highest BCUT2D eigenvalue weighted by Gasteiger charge is 2.61. The number of allylic oxidation sites excluding steroid dienone is 1. The number of carbonyl (C=O) groups is 1. The first-order chi connectivity index (χ1) is 21.4. The van der Waals surface area contributed by atoms with E-state index in [1.54, 1.807) is 13.8 Å². The third-order valence-corrected chi connectivity index (χ3v) is 14.1. The Morgan fingerprint density at radius 1 is 0.957 bits per heavy atom. The molecule has 5 rings (SSSR count). The minimum absolute atomic E-state index is 0.00361. The first kappa shape index (κ1) is 36.4. The number of ether oxygens (including phenoxy) is 2. The molecule has 1 aliphatic heterocycles. The van der Waals surface area contributed by atoms with E-state index in [9.17, 15) is 35.4 Å². The zero-order chi connectivity index (χ0) is 34.0. The molecule has 0 spiro atoms. The number of hydrogen-bond donors (Lipinski definition) is 6. The highest BCUT2D eigenvalue weighted by Crippen LogP contribution is 2.67. The largest absolute Gasteiger partial charge is 0.394 e. The summed E-state index contributed by atoms with van der Waals surface area (Å²) in [5.74, 6) is 1.56. The summed E-state index contributed by atoms with van der Waals surface area (Å²) >= 11 is 0. The first-order valence-corrected chi connectivity index (χ1v) is 18.0. The van der Waals surface area contributed by atoms with E-state index in [-0.39, 0.29) is 28.8 Å². The predicted molar refractivity (Wildman–Crippen MR) is 173 cm³/mol. The van der Waals surface area contributed by atoms with E-state index in [0.717, 1.165) is 44.9 Å². The lowest BCUT2D eigenvalue weighted by Crippen LogP contribution is -2.60. The van der Waals surface area contributed by atoms with Crippen molar-refractivity contribution in [2.75, 3.05) is 6.61 Å². The van der Waals surface area contributed by atoms with Gasteiger partial charge in [0.2, 0.25) is 0 Å². The smallest absolute Gasteiger partial charge is 0.187 e. The monoisotopic (exact) mass is 650 g/mol. The van der Waals surface area contributed by atoms with Gasteiger partial charge in [-0.1, -0.05) is 46.3 Å². The summed E-state index contributed by atoms with van der Waals surface area (Å²) < 4.78 is 12.1. The van der Waals surface area contributed by atoms with Gasteiger partial charge in [-0.15, -0.1) is 0 Å². The predicted octanol–water partition coefficient (Wildman–Crippen LogP) is 3.89. The Morgan fingerprint density at radius 2 is 1.63 bits per heavy atom. The maximum absolute atomic E-state index is 14.5. The molecule has 1 saturated heterocycles. The van der Waals surface area contributed by atoms with Crippen LogP contribution in [0, 0.1) is 45.8 Å². The summed E-state index contributed by atoms with van der Waals surface area (Å²) in [6, 6.07) is 0. The Balaban J connectivity index is 1.39. The van der Waals surface area contributed by atoms with Crippen LogP contribution in [-0.2, 0) is 14.3 Å². The van der Waals surface area contributed by atoms with Crippen molar-refractivity contribution in [1.29, 1.82) is 0 Å². The van der Waals surface area contributed by atoms with Crippen LogP contribution in [0.25, 0.3) is 0 Å². The summed E-state index contributed by atoms with van der Waals surface area (Å²) in [7, 11) is 0.